The molecular weight excluding hydrogens is 532 g/mol. The van der Waals surface area contributed by atoms with Gasteiger partial charge >= 0.3 is 5.97 Å². The minimum absolute atomic E-state index is 0.149. The summed E-state index contributed by atoms with van der Waals surface area (Å²) >= 11 is 0. The van der Waals surface area contributed by atoms with Crippen molar-refractivity contribution in [2.24, 2.45) is 5.92 Å². The Hall–Kier alpha value is -1.77. The zero-order valence-corrected chi connectivity index (χ0v) is 20.8. The molecule has 3 heterocycles. The van der Waals surface area contributed by atoms with E-state index in [0.29, 0.717) is 0 Å². The van der Waals surface area contributed by atoms with Crippen LogP contribution in [0.5, 0.6) is 0 Å². The molecule has 0 aromatic heterocycles. The van der Waals surface area contributed by atoms with E-state index in [1.165, 1.54) is 6.08 Å². The Kier molecular flexibility index (Phi) is 9.29. The number of carbonyl (C=O) groups excluding carboxylic acids is 1. The Labute approximate surface area is 221 Å². The lowest BCUT2D eigenvalue weighted by Gasteiger charge is -2.45. The molecule has 4 rings (SSSR count). The average Bonchev–Trinajstić information content (AvgIpc) is 3.28. The number of aliphatic hydroxyl groups excluding tert-OH is 8. The van der Waals surface area contributed by atoms with Crippen LogP contribution in [0, 0.1) is 5.92 Å². The van der Waals surface area contributed by atoms with Gasteiger partial charge in [-0.25, -0.2) is 4.79 Å². The van der Waals surface area contributed by atoms with Gasteiger partial charge in [-0.2, -0.15) is 0 Å². The number of hydrogen-bond acceptors (Lipinski definition) is 16. The monoisotopic (exact) mass is 566 g/mol. The Bertz CT molecular complexity index is 937. The minimum Gasteiger partial charge on any atom is -0.471 e. The third kappa shape index (κ3) is 5.45. The van der Waals surface area contributed by atoms with Crippen molar-refractivity contribution >= 4 is 5.97 Å². The second-order valence-corrected chi connectivity index (χ2v) is 9.75. The van der Waals surface area contributed by atoms with E-state index < -0.39 is 98.4 Å². The SMILES string of the molecule is COC(=O)C1=COC(OC2OC(CO)C(O)C(O)C2O)C2C(COC3OC(CO)C(O)C(O)C3O)=CCC12O. The fourth-order valence-corrected chi connectivity index (χ4v) is 5.13. The lowest BCUT2D eigenvalue weighted by atomic mass is 9.79. The maximum Gasteiger partial charge on any atom is 0.339 e. The lowest BCUT2D eigenvalue weighted by Crippen LogP contribution is -2.61. The molecule has 16 nitrogen and oxygen atoms in total. The molecular formula is C23H34O16. The Morgan fingerprint density at radius 1 is 0.897 bits per heavy atom. The topological polar surface area (TPSA) is 255 Å². The third-order valence-electron chi connectivity index (χ3n) is 7.43. The van der Waals surface area contributed by atoms with Crippen LogP contribution in [-0.4, -0.2) is 152 Å². The molecule has 13 atom stereocenters. The second-order valence-electron chi connectivity index (χ2n) is 9.75. The first-order valence-electron chi connectivity index (χ1n) is 12.2. The Morgan fingerprint density at radius 2 is 1.46 bits per heavy atom. The standard InChI is InChI=1S/C23H34O16/c1-34-19(32)9-7-36-20(39-22-18(31)16(29)14(27)11(5-25)38-22)12-8(2-3-23(9,12)33)6-35-21-17(30)15(28)13(26)10(4-24)37-21/h2,7,10-18,20-22,24-31,33H,3-6H2,1H3. The van der Waals surface area contributed by atoms with Crippen molar-refractivity contribution in [2.75, 3.05) is 26.9 Å². The van der Waals surface area contributed by atoms with E-state index in [0.717, 1.165) is 13.4 Å². The molecule has 0 saturated carbocycles. The van der Waals surface area contributed by atoms with Gasteiger partial charge in [-0.3, -0.25) is 0 Å². The first kappa shape index (κ1) is 30.2. The minimum atomic E-state index is -1.96. The molecule has 0 spiro atoms. The fraction of sp³-hybridized carbons (Fsp3) is 0.783. The molecule has 4 aliphatic rings. The summed E-state index contributed by atoms with van der Waals surface area (Å²) in [4.78, 5) is 12.4. The number of rotatable bonds is 8. The molecule has 3 aliphatic heterocycles. The van der Waals surface area contributed by atoms with E-state index in [-0.39, 0.29) is 24.2 Å². The fourth-order valence-electron chi connectivity index (χ4n) is 5.13. The van der Waals surface area contributed by atoms with Gasteiger partial charge in [0.25, 0.3) is 0 Å². The summed E-state index contributed by atoms with van der Waals surface area (Å²) in [5.41, 5.74) is -1.96. The van der Waals surface area contributed by atoms with Crippen molar-refractivity contribution in [3.05, 3.63) is 23.5 Å². The summed E-state index contributed by atoms with van der Waals surface area (Å²) in [5.74, 6) is -2.12. The first-order chi connectivity index (χ1) is 18.5. The van der Waals surface area contributed by atoms with Crippen LogP contribution in [0.25, 0.3) is 0 Å². The Balaban J connectivity index is 1.56. The molecule has 13 unspecified atom stereocenters. The Morgan fingerprint density at radius 3 is 2.03 bits per heavy atom. The van der Waals surface area contributed by atoms with Crippen LogP contribution in [0.15, 0.2) is 23.5 Å². The van der Waals surface area contributed by atoms with E-state index >= 15 is 0 Å². The highest BCUT2D eigenvalue weighted by molar-refractivity contribution is 5.91. The van der Waals surface area contributed by atoms with Crippen LogP contribution < -0.4 is 0 Å². The largest absolute Gasteiger partial charge is 0.471 e. The molecule has 222 valence electrons. The van der Waals surface area contributed by atoms with Gasteiger partial charge in [-0.1, -0.05) is 6.08 Å². The van der Waals surface area contributed by atoms with Gasteiger partial charge in [0.05, 0.1) is 39.1 Å². The third-order valence-corrected chi connectivity index (χ3v) is 7.43. The van der Waals surface area contributed by atoms with E-state index in [1.54, 1.807) is 0 Å². The van der Waals surface area contributed by atoms with Crippen LogP contribution >= 0.6 is 0 Å². The van der Waals surface area contributed by atoms with Crippen molar-refractivity contribution in [1.29, 1.82) is 0 Å². The maximum atomic E-state index is 12.4. The molecule has 9 N–H and O–H groups in total. The highest BCUT2D eigenvalue weighted by Crippen LogP contribution is 2.48. The number of aliphatic hydroxyl groups is 9. The van der Waals surface area contributed by atoms with Crippen LogP contribution in [0.2, 0.25) is 0 Å². The van der Waals surface area contributed by atoms with Gasteiger partial charge in [0.2, 0.25) is 6.29 Å². The van der Waals surface area contributed by atoms with Gasteiger partial charge in [-0.15, -0.1) is 0 Å². The van der Waals surface area contributed by atoms with Crippen LogP contribution in [0.4, 0.5) is 0 Å². The van der Waals surface area contributed by atoms with Crippen molar-refractivity contribution in [2.45, 2.75) is 79.7 Å². The zero-order valence-electron chi connectivity index (χ0n) is 20.8. The molecule has 0 aromatic rings. The zero-order chi connectivity index (χ0) is 28.6. The van der Waals surface area contributed by atoms with Crippen LogP contribution in [0.3, 0.4) is 0 Å². The number of esters is 1. The lowest BCUT2D eigenvalue weighted by molar-refractivity contribution is -0.344. The molecule has 39 heavy (non-hydrogen) atoms. The average molecular weight is 567 g/mol. The number of methoxy groups -OCH3 is 1. The molecule has 16 heteroatoms. The van der Waals surface area contributed by atoms with E-state index in [9.17, 15) is 50.8 Å². The molecule has 0 bridgehead atoms. The second kappa shape index (κ2) is 12.0. The van der Waals surface area contributed by atoms with Gasteiger partial charge < -0.3 is 74.4 Å². The van der Waals surface area contributed by atoms with E-state index in [2.05, 4.69) is 0 Å². The van der Waals surface area contributed by atoms with Crippen molar-refractivity contribution in [3.8, 4) is 0 Å². The molecule has 2 fully saturated rings. The van der Waals surface area contributed by atoms with Crippen LogP contribution in [-0.2, 0) is 33.2 Å². The summed E-state index contributed by atoms with van der Waals surface area (Å²) in [6.45, 7) is -1.78. The summed E-state index contributed by atoms with van der Waals surface area (Å²) in [5, 5.41) is 91.3. The number of fused-ring (bicyclic) bond motifs is 1. The molecule has 1 aliphatic carbocycles. The molecule has 2 saturated heterocycles. The van der Waals surface area contributed by atoms with Gasteiger partial charge in [0.1, 0.15) is 60.0 Å². The van der Waals surface area contributed by atoms with Gasteiger partial charge in [0, 0.05) is 0 Å². The van der Waals surface area contributed by atoms with Gasteiger partial charge in [-0.05, 0) is 12.0 Å². The molecule has 0 amide bonds. The summed E-state index contributed by atoms with van der Waals surface area (Å²) in [6.07, 6.45) is -15.0. The molecule has 0 radical (unpaired) electrons. The predicted octanol–water partition coefficient (Wildman–Crippen LogP) is -5.29. The smallest absolute Gasteiger partial charge is 0.339 e. The number of ether oxygens (including phenoxy) is 6. The highest BCUT2D eigenvalue weighted by Gasteiger charge is 2.57. The summed E-state index contributed by atoms with van der Waals surface area (Å²) in [7, 11) is 1.10. The summed E-state index contributed by atoms with van der Waals surface area (Å²) < 4.78 is 32.4. The number of hydrogen-bond donors (Lipinski definition) is 9. The van der Waals surface area contributed by atoms with Crippen molar-refractivity contribution in [3.63, 3.8) is 0 Å². The normalized spacial score (nSPS) is 46.1. The maximum absolute atomic E-state index is 12.4. The highest BCUT2D eigenvalue weighted by atomic mass is 16.8. The number of carbonyl (C=O) groups is 1. The van der Waals surface area contributed by atoms with Crippen molar-refractivity contribution < 1.29 is 79.2 Å². The quantitative estimate of drug-likeness (QED) is 0.0982. The van der Waals surface area contributed by atoms with E-state index in [4.69, 9.17) is 28.4 Å². The van der Waals surface area contributed by atoms with Crippen LogP contribution in [0.1, 0.15) is 6.42 Å². The molecule has 0 aromatic carbocycles. The first-order valence-corrected chi connectivity index (χ1v) is 12.2. The van der Waals surface area contributed by atoms with E-state index in [1.807, 2.05) is 0 Å². The predicted molar refractivity (Wildman–Crippen MR) is 121 cm³/mol. The van der Waals surface area contributed by atoms with Crippen molar-refractivity contribution in [1.82, 2.24) is 0 Å². The van der Waals surface area contributed by atoms with Gasteiger partial charge in [0.15, 0.2) is 12.6 Å². The summed E-state index contributed by atoms with van der Waals surface area (Å²) in [6, 6.07) is 0.